The molecule has 2 amide bonds. The van der Waals surface area contributed by atoms with Gasteiger partial charge in [-0.1, -0.05) is 19.9 Å². The smallest absolute Gasteiger partial charge is 0.239 e. The molecule has 1 rings (SSSR count). The van der Waals surface area contributed by atoms with Crippen molar-refractivity contribution >= 4 is 35.6 Å². The number of rotatable bonds is 7. The quantitative estimate of drug-likeness (QED) is 0.703. The van der Waals surface area contributed by atoms with E-state index >= 15 is 0 Å². The molecule has 0 aliphatic carbocycles. The number of nitrogens with one attached hydrogen (secondary N) is 2. The SMILES string of the molecule is CC(Cc1cccs1)NC(=O)CNC(=O)[C@@H](N)C(C)C.Cl. The summed E-state index contributed by atoms with van der Waals surface area (Å²) in [5.74, 6) is -0.435. The van der Waals surface area contributed by atoms with Crippen LogP contribution in [-0.2, 0) is 16.0 Å². The summed E-state index contributed by atoms with van der Waals surface area (Å²) in [6, 6.07) is 3.49. The second-order valence-electron chi connectivity index (χ2n) is 5.24. The zero-order chi connectivity index (χ0) is 15.1. The van der Waals surface area contributed by atoms with Gasteiger partial charge in [-0.3, -0.25) is 9.59 Å². The van der Waals surface area contributed by atoms with Gasteiger partial charge >= 0.3 is 0 Å². The van der Waals surface area contributed by atoms with Gasteiger partial charge in [-0.25, -0.2) is 0 Å². The summed E-state index contributed by atoms with van der Waals surface area (Å²) in [6.45, 7) is 5.65. The minimum atomic E-state index is -0.577. The Bertz CT molecular complexity index is 437. The molecule has 1 aromatic heterocycles. The monoisotopic (exact) mass is 333 g/mol. The summed E-state index contributed by atoms with van der Waals surface area (Å²) in [5.41, 5.74) is 5.70. The van der Waals surface area contributed by atoms with Gasteiger partial charge in [0.1, 0.15) is 0 Å². The first-order chi connectivity index (χ1) is 9.40. The van der Waals surface area contributed by atoms with Gasteiger partial charge in [0, 0.05) is 17.3 Å². The van der Waals surface area contributed by atoms with Crippen LogP contribution in [0.4, 0.5) is 0 Å². The highest BCUT2D eigenvalue weighted by atomic mass is 35.5. The van der Waals surface area contributed by atoms with Crippen molar-refractivity contribution in [2.45, 2.75) is 39.3 Å². The fraction of sp³-hybridized carbons (Fsp3) is 0.571. The maximum Gasteiger partial charge on any atom is 0.239 e. The second kappa shape index (κ2) is 9.76. The van der Waals surface area contributed by atoms with Gasteiger partial charge in [-0.15, -0.1) is 23.7 Å². The topological polar surface area (TPSA) is 84.2 Å². The molecule has 5 nitrogen and oxygen atoms in total. The van der Waals surface area contributed by atoms with Crippen LogP contribution in [0.2, 0.25) is 0 Å². The maximum atomic E-state index is 11.7. The molecule has 0 spiro atoms. The van der Waals surface area contributed by atoms with E-state index in [0.717, 1.165) is 6.42 Å². The van der Waals surface area contributed by atoms with Gasteiger partial charge in [-0.2, -0.15) is 0 Å². The van der Waals surface area contributed by atoms with Crippen molar-refractivity contribution in [2.75, 3.05) is 6.54 Å². The standard InChI is InChI=1S/C14H23N3O2S.ClH/c1-9(2)13(15)14(19)16-8-12(18)17-10(3)7-11-5-4-6-20-11;/h4-6,9-10,13H,7-8,15H2,1-3H3,(H,16,19)(H,17,18);1H/t10?,13-;/m0./s1. The number of thiophene rings is 1. The first-order valence-electron chi connectivity index (χ1n) is 6.75. The van der Waals surface area contributed by atoms with E-state index in [1.165, 1.54) is 4.88 Å². The van der Waals surface area contributed by atoms with Crippen molar-refractivity contribution in [3.8, 4) is 0 Å². The molecule has 0 bridgehead atoms. The van der Waals surface area contributed by atoms with Gasteiger partial charge in [0.2, 0.25) is 11.8 Å². The number of nitrogens with two attached hydrogens (primary N) is 1. The fourth-order valence-corrected chi connectivity index (χ4v) is 2.53. The molecule has 120 valence electrons. The molecule has 0 radical (unpaired) electrons. The first-order valence-corrected chi connectivity index (χ1v) is 7.63. The van der Waals surface area contributed by atoms with Gasteiger partial charge < -0.3 is 16.4 Å². The summed E-state index contributed by atoms with van der Waals surface area (Å²) < 4.78 is 0. The third-order valence-electron chi connectivity index (χ3n) is 2.94. The average Bonchev–Trinajstić information content (AvgIpc) is 2.87. The number of halogens is 1. The number of carbonyl (C=O) groups excluding carboxylic acids is 2. The van der Waals surface area contributed by atoms with Crippen LogP contribution in [0.3, 0.4) is 0 Å². The first kappa shape index (κ1) is 19.9. The van der Waals surface area contributed by atoms with Crippen molar-refractivity contribution in [3.05, 3.63) is 22.4 Å². The molecule has 1 heterocycles. The summed E-state index contributed by atoms with van der Waals surface area (Å²) in [6.07, 6.45) is 0.795. The van der Waals surface area contributed by atoms with Gasteiger partial charge in [0.15, 0.2) is 0 Å². The predicted octanol–water partition coefficient (Wildman–Crippen LogP) is 1.32. The van der Waals surface area contributed by atoms with Crippen LogP contribution in [-0.4, -0.2) is 30.4 Å². The molecular formula is C14H24ClN3O2S. The lowest BCUT2D eigenvalue weighted by Gasteiger charge is -2.16. The Labute approximate surface area is 136 Å². The van der Waals surface area contributed by atoms with E-state index in [1.807, 2.05) is 38.3 Å². The molecule has 1 unspecified atom stereocenters. The Hall–Kier alpha value is -1.11. The summed E-state index contributed by atoms with van der Waals surface area (Å²) in [4.78, 5) is 24.6. The van der Waals surface area contributed by atoms with Gasteiger partial charge in [0.05, 0.1) is 12.6 Å². The number of amides is 2. The molecule has 0 saturated carbocycles. The lowest BCUT2D eigenvalue weighted by atomic mass is 10.1. The molecular weight excluding hydrogens is 310 g/mol. The summed E-state index contributed by atoms with van der Waals surface area (Å²) in [5, 5.41) is 7.42. The van der Waals surface area contributed by atoms with Gasteiger partial charge in [0.25, 0.3) is 0 Å². The summed E-state index contributed by atoms with van der Waals surface area (Å²) >= 11 is 1.67. The molecule has 2 atom stereocenters. The van der Waals surface area contributed by atoms with Crippen LogP contribution in [0.25, 0.3) is 0 Å². The van der Waals surface area contributed by atoms with Crippen LogP contribution in [0.15, 0.2) is 17.5 Å². The molecule has 21 heavy (non-hydrogen) atoms. The lowest BCUT2D eigenvalue weighted by Crippen LogP contribution is -2.48. The van der Waals surface area contributed by atoms with Crippen LogP contribution >= 0.6 is 23.7 Å². The normalized spacial score (nSPS) is 13.2. The molecule has 0 saturated heterocycles. The van der Waals surface area contributed by atoms with Crippen molar-refractivity contribution in [3.63, 3.8) is 0 Å². The number of hydrogen-bond donors (Lipinski definition) is 3. The van der Waals surface area contributed by atoms with Crippen LogP contribution < -0.4 is 16.4 Å². The Morgan fingerprint density at radius 2 is 2.00 bits per heavy atom. The fourth-order valence-electron chi connectivity index (χ4n) is 1.70. The second-order valence-corrected chi connectivity index (χ2v) is 6.27. The van der Waals surface area contributed by atoms with E-state index in [9.17, 15) is 9.59 Å². The van der Waals surface area contributed by atoms with E-state index < -0.39 is 6.04 Å². The van der Waals surface area contributed by atoms with E-state index in [4.69, 9.17) is 5.73 Å². The molecule has 1 aromatic rings. The van der Waals surface area contributed by atoms with Crippen LogP contribution in [0.1, 0.15) is 25.6 Å². The summed E-state index contributed by atoms with van der Waals surface area (Å²) in [7, 11) is 0. The Morgan fingerprint density at radius 1 is 1.33 bits per heavy atom. The van der Waals surface area contributed by atoms with Crippen molar-refractivity contribution in [2.24, 2.45) is 11.7 Å². The number of carbonyl (C=O) groups is 2. The third kappa shape index (κ3) is 7.45. The molecule has 7 heteroatoms. The third-order valence-corrected chi connectivity index (χ3v) is 3.84. The Kier molecular flexibility index (Phi) is 9.24. The van der Waals surface area contributed by atoms with Gasteiger partial charge in [-0.05, 0) is 24.3 Å². The van der Waals surface area contributed by atoms with E-state index in [-0.39, 0.29) is 42.7 Å². The zero-order valence-electron chi connectivity index (χ0n) is 12.6. The highest BCUT2D eigenvalue weighted by Gasteiger charge is 2.18. The Morgan fingerprint density at radius 3 is 2.52 bits per heavy atom. The molecule has 0 aliphatic heterocycles. The van der Waals surface area contributed by atoms with Crippen LogP contribution in [0, 0.1) is 5.92 Å². The number of hydrogen-bond acceptors (Lipinski definition) is 4. The molecule has 0 aromatic carbocycles. The lowest BCUT2D eigenvalue weighted by molar-refractivity contribution is -0.127. The van der Waals surface area contributed by atoms with E-state index in [2.05, 4.69) is 10.6 Å². The van der Waals surface area contributed by atoms with Crippen molar-refractivity contribution in [1.82, 2.24) is 10.6 Å². The average molecular weight is 334 g/mol. The largest absolute Gasteiger partial charge is 0.352 e. The van der Waals surface area contributed by atoms with Crippen LogP contribution in [0.5, 0.6) is 0 Å². The minimum Gasteiger partial charge on any atom is -0.352 e. The highest BCUT2D eigenvalue weighted by molar-refractivity contribution is 7.09. The highest BCUT2D eigenvalue weighted by Crippen LogP contribution is 2.10. The predicted molar refractivity (Wildman–Crippen MR) is 88.7 cm³/mol. The van der Waals surface area contributed by atoms with E-state index in [0.29, 0.717) is 0 Å². The van der Waals surface area contributed by atoms with E-state index in [1.54, 1.807) is 11.3 Å². The minimum absolute atomic E-state index is 0. The van der Waals surface area contributed by atoms with Crippen molar-refractivity contribution in [1.29, 1.82) is 0 Å². The zero-order valence-corrected chi connectivity index (χ0v) is 14.2. The molecule has 0 fully saturated rings. The van der Waals surface area contributed by atoms with Crippen molar-refractivity contribution < 1.29 is 9.59 Å². The molecule has 0 aliphatic rings. The maximum absolute atomic E-state index is 11.7. The molecule has 4 N–H and O–H groups in total. The Balaban J connectivity index is 0.00000400.